The second kappa shape index (κ2) is 14.9. The van der Waals surface area contributed by atoms with Gasteiger partial charge >= 0.3 is 0 Å². The van der Waals surface area contributed by atoms with Crippen molar-refractivity contribution in [3.8, 4) is 0 Å². The molecule has 5 nitrogen and oxygen atoms in total. The van der Waals surface area contributed by atoms with Crippen molar-refractivity contribution in [2.45, 2.75) is 32.3 Å². The highest BCUT2D eigenvalue weighted by Crippen LogP contribution is 2.00. The SMILES string of the molecule is CCC(O)CCCOCCOCCOCCOC. The predicted octanol–water partition coefficient (Wildman–Crippen LogP) is 1.23. The van der Waals surface area contributed by atoms with Gasteiger partial charge in [-0.3, -0.25) is 0 Å². The van der Waals surface area contributed by atoms with Gasteiger partial charge in [-0.05, 0) is 19.3 Å². The van der Waals surface area contributed by atoms with Crippen molar-refractivity contribution in [2.24, 2.45) is 0 Å². The topological polar surface area (TPSA) is 57.2 Å². The van der Waals surface area contributed by atoms with Gasteiger partial charge in [0, 0.05) is 13.7 Å². The summed E-state index contributed by atoms with van der Waals surface area (Å²) in [5.41, 5.74) is 0. The molecule has 0 aromatic heterocycles. The van der Waals surface area contributed by atoms with Gasteiger partial charge in [0.2, 0.25) is 0 Å². The van der Waals surface area contributed by atoms with Crippen LogP contribution in [0.25, 0.3) is 0 Å². The smallest absolute Gasteiger partial charge is 0.0701 e. The monoisotopic (exact) mass is 264 g/mol. The van der Waals surface area contributed by atoms with Crippen molar-refractivity contribution in [3.05, 3.63) is 0 Å². The normalized spacial score (nSPS) is 12.8. The molecule has 0 spiro atoms. The summed E-state index contributed by atoms with van der Waals surface area (Å²) in [7, 11) is 1.65. The molecule has 0 aromatic carbocycles. The van der Waals surface area contributed by atoms with Gasteiger partial charge in [0.15, 0.2) is 0 Å². The number of hydrogen-bond donors (Lipinski definition) is 1. The molecule has 0 radical (unpaired) electrons. The minimum Gasteiger partial charge on any atom is -0.393 e. The fraction of sp³-hybridized carbons (Fsp3) is 1.00. The standard InChI is InChI=1S/C13H28O5/c1-3-13(14)5-4-6-16-9-10-18-12-11-17-8-7-15-2/h13-14H,3-12H2,1-2H3. The first-order valence-corrected chi connectivity index (χ1v) is 6.71. The summed E-state index contributed by atoms with van der Waals surface area (Å²) in [6.07, 6.45) is 2.33. The lowest BCUT2D eigenvalue weighted by molar-refractivity contribution is 0.00223. The maximum atomic E-state index is 9.32. The Morgan fingerprint density at radius 2 is 1.33 bits per heavy atom. The van der Waals surface area contributed by atoms with Gasteiger partial charge in [-0.1, -0.05) is 6.92 Å². The van der Waals surface area contributed by atoms with Crippen molar-refractivity contribution < 1.29 is 24.1 Å². The van der Waals surface area contributed by atoms with Crippen LogP contribution in [0.15, 0.2) is 0 Å². The maximum absolute atomic E-state index is 9.32. The highest BCUT2D eigenvalue weighted by molar-refractivity contribution is 4.51. The summed E-state index contributed by atoms with van der Waals surface area (Å²) in [6.45, 7) is 6.25. The molecule has 0 saturated heterocycles. The molecular formula is C13H28O5. The van der Waals surface area contributed by atoms with Gasteiger partial charge in [-0.25, -0.2) is 0 Å². The molecule has 0 bridgehead atoms. The molecule has 0 aliphatic carbocycles. The van der Waals surface area contributed by atoms with Crippen LogP contribution in [0.4, 0.5) is 0 Å². The van der Waals surface area contributed by atoms with Crippen molar-refractivity contribution in [2.75, 3.05) is 53.4 Å². The largest absolute Gasteiger partial charge is 0.393 e. The molecular weight excluding hydrogens is 236 g/mol. The summed E-state index contributed by atoms with van der Waals surface area (Å²) >= 11 is 0. The Bertz CT molecular complexity index is 154. The van der Waals surface area contributed by atoms with Crippen LogP contribution >= 0.6 is 0 Å². The quantitative estimate of drug-likeness (QED) is 0.478. The van der Waals surface area contributed by atoms with Crippen LogP contribution in [0.2, 0.25) is 0 Å². The van der Waals surface area contributed by atoms with Gasteiger partial charge in [0.05, 0.1) is 45.7 Å². The molecule has 0 fully saturated rings. The van der Waals surface area contributed by atoms with E-state index in [1.807, 2.05) is 6.92 Å². The lowest BCUT2D eigenvalue weighted by atomic mass is 10.2. The highest BCUT2D eigenvalue weighted by atomic mass is 16.6. The van der Waals surface area contributed by atoms with Crippen LogP contribution in [0.1, 0.15) is 26.2 Å². The van der Waals surface area contributed by atoms with Crippen LogP contribution in [0.3, 0.4) is 0 Å². The Labute approximate surface area is 110 Å². The highest BCUT2D eigenvalue weighted by Gasteiger charge is 1.99. The van der Waals surface area contributed by atoms with Gasteiger partial charge in [-0.15, -0.1) is 0 Å². The zero-order valence-electron chi connectivity index (χ0n) is 11.7. The molecule has 0 aliphatic heterocycles. The molecule has 18 heavy (non-hydrogen) atoms. The van der Waals surface area contributed by atoms with E-state index in [4.69, 9.17) is 18.9 Å². The third-order valence-corrected chi connectivity index (χ3v) is 2.47. The van der Waals surface area contributed by atoms with E-state index in [9.17, 15) is 5.11 Å². The molecule has 0 aliphatic rings. The maximum Gasteiger partial charge on any atom is 0.0701 e. The van der Waals surface area contributed by atoms with Crippen LogP contribution in [-0.4, -0.2) is 64.6 Å². The first kappa shape index (κ1) is 17.8. The molecule has 0 amide bonds. The van der Waals surface area contributed by atoms with Crippen molar-refractivity contribution in [3.63, 3.8) is 0 Å². The zero-order valence-corrected chi connectivity index (χ0v) is 11.7. The Morgan fingerprint density at radius 1 is 0.833 bits per heavy atom. The fourth-order valence-electron chi connectivity index (χ4n) is 1.31. The number of rotatable bonds is 14. The van der Waals surface area contributed by atoms with Gasteiger partial charge in [0.25, 0.3) is 0 Å². The van der Waals surface area contributed by atoms with Crippen molar-refractivity contribution in [1.29, 1.82) is 0 Å². The minimum absolute atomic E-state index is 0.186. The van der Waals surface area contributed by atoms with Crippen LogP contribution in [0.5, 0.6) is 0 Å². The molecule has 110 valence electrons. The summed E-state index contributed by atoms with van der Waals surface area (Å²) in [4.78, 5) is 0. The van der Waals surface area contributed by atoms with E-state index in [2.05, 4.69) is 0 Å². The van der Waals surface area contributed by atoms with E-state index in [0.717, 1.165) is 19.3 Å². The minimum atomic E-state index is -0.186. The van der Waals surface area contributed by atoms with Gasteiger partial charge in [0.1, 0.15) is 0 Å². The summed E-state index contributed by atoms with van der Waals surface area (Å²) < 4.78 is 20.8. The van der Waals surface area contributed by atoms with E-state index >= 15 is 0 Å². The number of ether oxygens (including phenoxy) is 4. The number of hydrogen-bond acceptors (Lipinski definition) is 5. The molecule has 0 aromatic rings. The molecule has 5 heteroatoms. The molecule has 1 N–H and O–H groups in total. The number of methoxy groups -OCH3 is 1. The first-order chi connectivity index (χ1) is 8.81. The van der Waals surface area contributed by atoms with E-state index in [0.29, 0.717) is 46.2 Å². The van der Waals surface area contributed by atoms with E-state index < -0.39 is 0 Å². The molecule has 0 heterocycles. The van der Waals surface area contributed by atoms with Gasteiger partial charge < -0.3 is 24.1 Å². The summed E-state index contributed by atoms with van der Waals surface area (Å²) in [6, 6.07) is 0. The lowest BCUT2D eigenvalue weighted by Gasteiger charge is -2.08. The second-order valence-electron chi connectivity index (χ2n) is 4.03. The summed E-state index contributed by atoms with van der Waals surface area (Å²) in [5.74, 6) is 0. The molecule has 0 saturated carbocycles. The van der Waals surface area contributed by atoms with Crippen molar-refractivity contribution >= 4 is 0 Å². The molecule has 1 atom stereocenters. The van der Waals surface area contributed by atoms with Gasteiger partial charge in [-0.2, -0.15) is 0 Å². The molecule has 0 rings (SSSR count). The Kier molecular flexibility index (Phi) is 14.7. The molecule has 1 unspecified atom stereocenters. The van der Waals surface area contributed by atoms with E-state index in [1.54, 1.807) is 7.11 Å². The number of aliphatic hydroxyl groups excluding tert-OH is 1. The van der Waals surface area contributed by atoms with E-state index in [-0.39, 0.29) is 6.10 Å². The van der Waals surface area contributed by atoms with Crippen molar-refractivity contribution in [1.82, 2.24) is 0 Å². The third-order valence-electron chi connectivity index (χ3n) is 2.47. The average molecular weight is 264 g/mol. The lowest BCUT2D eigenvalue weighted by Crippen LogP contribution is -2.12. The van der Waals surface area contributed by atoms with Crippen LogP contribution in [0, 0.1) is 0 Å². The fourth-order valence-corrected chi connectivity index (χ4v) is 1.31. The third kappa shape index (κ3) is 13.9. The average Bonchev–Trinajstić information content (AvgIpc) is 2.39. The zero-order chi connectivity index (χ0) is 13.5. The predicted molar refractivity (Wildman–Crippen MR) is 69.9 cm³/mol. The first-order valence-electron chi connectivity index (χ1n) is 6.71. The Hall–Kier alpha value is -0.200. The second-order valence-corrected chi connectivity index (χ2v) is 4.03. The van der Waals surface area contributed by atoms with Crippen LogP contribution in [-0.2, 0) is 18.9 Å². The number of aliphatic hydroxyl groups is 1. The van der Waals surface area contributed by atoms with E-state index in [1.165, 1.54) is 0 Å². The van der Waals surface area contributed by atoms with Crippen LogP contribution < -0.4 is 0 Å². The Balaban J connectivity index is 2.94. The Morgan fingerprint density at radius 3 is 1.83 bits per heavy atom. The summed E-state index contributed by atoms with van der Waals surface area (Å²) in [5, 5.41) is 9.32.